The minimum absolute atomic E-state index is 0.0653. The normalized spacial score (nSPS) is 14.2. The van der Waals surface area contributed by atoms with Crippen LogP contribution in [0.3, 0.4) is 0 Å². The van der Waals surface area contributed by atoms with Gasteiger partial charge in [0.05, 0.1) is 12.3 Å². The lowest BCUT2D eigenvalue weighted by Gasteiger charge is -2.22. The summed E-state index contributed by atoms with van der Waals surface area (Å²) in [5.41, 5.74) is 4.00. The number of halogens is 1. The Balaban J connectivity index is 2.61. The second-order valence-electron chi connectivity index (χ2n) is 4.97. The van der Waals surface area contributed by atoms with Crippen molar-refractivity contribution < 1.29 is 4.42 Å². The molecule has 15 heavy (non-hydrogen) atoms. The van der Waals surface area contributed by atoms with E-state index in [-0.39, 0.29) is 6.04 Å². The van der Waals surface area contributed by atoms with Gasteiger partial charge in [-0.3, -0.25) is 11.3 Å². The highest BCUT2D eigenvalue weighted by atomic mass is 35.5. The van der Waals surface area contributed by atoms with Crippen LogP contribution in [0.5, 0.6) is 0 Å². The quantitative estimate of drug-likeness (QED) is 0.617. The molecule has 0 radical (unpaired) electrons. The van der Waals surface area contributed by atoms with Crippen LogP contribution in [0.4, 0.5) is 0 Å². The van der Waals surface area contributed by atoms with E-state index >= 15 is 0 Å². The summed E-state index contributed by atoms with van der Waals surface area (Å²) in [5.74, 6) is 5.51. The van der Waals surface area contributed by atoms with E-state index in [1.165, 1.54) is 0 Å². The van der Waals surface area contributed by atoms with Gasteiger partial charge in [0.15, 0.2) is 5.22 Å². The summed E-state index contributed by atoms with van der Waals surface area (Å²) < 4.78 is 5.05. The zero-order valence-electron chi connectivity index (χ0n) is 9.51. The molecule has 0 aromatic carbocycles. The monoisotopic (exact) mass is 230 g/mol. The molecule has 0 fully saturated rings. The van der Waals surface area contributed by atoms with E-state index in [2.05, 4.69) is 26.2 Å². The molecule has 0 spiro atoms. The van der Waals surface area contributed by atoms with Crippen LogP contribution in [0.2, 0.25) is 5.22 Å². The number of rotatable bonds is 4. The largest absolute Gasteiger partial charge is 0.453 e. The van der Waals surface area contributed by atoms with Gasteiger partial charge in [0.2, 0.25) is 0 Å². The summed E-state index contributed by atoms with van der Waals surface area (Å²) in [6.45, 7) is 6.62. The molecule has 0 aliphatic rings. The molecular formula is C11H19ClN2O. The van der Waals surface area contributed by atoms with Crippen molar-refractivity contribution in [3.05, 3.63) is 23.1 Å². The van der Waals surface area contributed by atoms with Gasteiger partial charge < -0.3 is 4.42 Å². The fourth-order valence-electron chi connectivity index (χ4n) is 1.46. The van der Waals surface area contributed by atoms with Gasteiger partial charge in [-0.15, -0.1) is 0 Å². The van der Waals surface area contributed by atoms with Crippen LogP contribution in [0.1, 0.15) is 45.2 Å². The molecule has 1 atom stereocenters. The highest BCUT2D eigenvalue weighted by Gasteiger charge is 2.19. The van der Waals surface area contributed by atoms with E-state index in [0.717, 1.165) is 18.4 Å². The molecule has 0 saturated carbocycles. The molecule has 3 N–H and O–H groups in total. The van der Waals surface area contributed by atoms with Gasteiger partial charge in [-0.25, -0.2) is 0 Å². The Kier molecular flexibility index (Phi) is 4.20. The van der Waals surface area contributed by atoms with Gasteiger partial charge in [-0.1, -0.05) is 20.8 Å². The molecule has 0 amide bonds. The molecule has 86 valence electrons. The maximum atomic E-state index is 5.90. The Morgan fingerprint density at radius 3 is 2.60 bits per heavy atom. The summed E-state index contributed by atoms with van der Waals surface area (Å²) in [7, 11) is 0. The third-order valence-corrected chi connectivity index (χ3v) is 2.71. The van der Waals surface area contributed by atoms with E-state index < -0.39 is 0 Å². The summed E-state index contributed by atoms with van der Waals surface area (Å²) in [6, 6.07) is 1.92. The Hall–Kier alpha value is -0.510. The predicted molar refractivity (Wildman–Crippen MR) is 62.5 cm³/mol. The van der Waals surface area contributed by atoms with Crippen molar-refractivity contribution in [2.24, 2.45) is 11.3 Å². The summed E-state index contributed by atoms with van der Waals surface area (Å²) in [4.78, 5) is 0. The molecule has 0 aliphatic heterocycles. The van der Waals surface area contributed by atoms with E-state index in [0.29, 0.717) is 10.6 Å². The van der Waals surface area contributed by atoms with Gasteiger partial charge >= 0.3 is 0 Å². The van der Waals surface area contributed by atoms with Gasteiger partial charge in [-0.05, 0) is 35.9 Å². The lowest BCUT2D eigenvalue weighted by molar-refractivity contribution is 0.333. The molecule has 0 bridgehead atoms. The van der Waals surface area contributed by atoms with Crippen molar-refractivity contribution in [3.63, 3.8) is 0 Å². The number of hydrogen-bond donors (Lipinski definition) is 2. The van der Waals surface area contributed by atoms with Gasteiger partial charge in [0.25, 0.3) is 0 Å². The Labute approximate surface area is 95.9 Å². The molecule has 1 aromatic heterocycles. The second-order valence-corrected chi connectivity index (χ2v) is 5.31. The lowest BCUT2D eigenvalue weighted by Crippen LogP contribution is -2.28. The molecule has 1 aromatic rings. The molecule has 1 unspecified atom stereocenters. The number of hydrazine groups is 1. The van der Waals surface area contributed by atoms with Crippen molar-refractivity contribution in [2.75, 3.05) is 0 Å². The SMILES string of the molecule is CC(C)(C)CCC(NN)c1ccoc1Cl. The molecule has 3 nitrogen and oxygen atoms in total. The third kappa shape index (κ3) is 3.86. The molecule has 1 heterocycles. The number of hydrogen-bond acceptors (Lipinski definition) is 3. The fraction of sp³-hybridized carbons (Fsp3) is 0.636. The van der Waals surface area contributed by atoms with Gasteiger partial charge in [0, 0.05) is 5.56 Å². The Morgan fingerprint density at radius 1 is 1.53 bits per heavy atom. The third-order valence-electron chi connectivity index (χ3n) is 2.41. The molecule has 1 rings (SSSR count). The minimum atomic E-state index is 0.0653. The van der Waals surface area contributed by atoms with Crippen molar-refractivity contribution in [1.29, 1.82) is 0 Å². The molecular weight excluding hydrogens is 212 g/mol. The zero-order chi connectivity index (χ0) is 11.5. The van der Waals surface area contributed by atoms with E-state index in [9.17, 15) is 0 Å². The maximum absolute atomic E-state index is 5.90. The Morgan fingerprint density at radius 2 is 2.20 bits per heavy atom. The van der Waals surface area contributed by atoms with Crippen LogP contribution in [-0.2, 0) is 0 Å². The highest BCUT2D eigenvalue weighted by Crippen LogP contribution is 2.30. The average Bonchev–Trinajstić information content (AvgIpc) is 2.52. The predicted octanol–water partition coefficient (Wildman–Crippen LogP) is 3.26. The number of nitrogens with two attached hydrogens (primary N) is 1. The number of furan rings is 1. The standard InChI is InChI=1S/C11H19ClN2O/c1-11(2,3)6-4-9(14-13)8-5-7-15-10(8)12/h5,7,9,14H,4,6,13H2,1-3H3. The number of nitrogens with one attached hydrogen (secondary N) is 1. The first kappa shape index (κ1) is 12.6. The van der Waals surface area contributed by atoms with Crippen LogP contribution in [0, 0.1) is 5.41 Å². The summed E-state index contributed by atoms with van der Waals surface area (Å²) >= 11 is 5.90. The van der Waals surface area contributed by atoms with Crippen molar-refractivity contribution in [3.8, 4) is 0 Å². The average molecular weight is 231 g/mol. The first-order valence-corrected chi connectivity index (χ1v) is 5.51. The van der Waals surface area contributed by atoms with Crippen LogP contribution in [-0.4, -0.2) is 0 Å². The van der Waals surface area contributed by atoms with Gasteiger partial charge in [-0.2, -0.15) is 0 Å². The molecule has 0 saturated heterocycles. The van der Waals surface area contributed by atoms with E-state index in [1.807, 2.05) is 6.07 Å². The van der Waals surface area contributed by atoms with Crippen LogP contribution >= 0.6 is 11.6 Å². The van der Waals surface area contributed by atoms with Gasteiger partial charge in [0.1, 0.15) is 0 Å². The first-order valence-electron chi connectivity index (χ1n) is 5.13. The van der Waals surface area contributed by atoms with Crippen LogP contribution in [0.25, 0.3) is 0 Å². The van der Waals surface area contributed by atoms with Crippen molar-refractivity contribution in [1.82, 2.24) is 5.43 Å². The smallest absolute Gasteiger partial charge is 0.197 e. The van der Waals surface area contributed by atoms with Crippen molar-refractivity contribution in [2.45, 2.75) is 39.7 Å². The molecule has 4 heteroatoms. The molecule has 0 aliphatic carbocycles. The Bertz CT molecular complexity index is 304. The van der Waals surface area contributed by atoms with E-state index in [1.54, 1.807) is 6.26 Å². The lowest BCUT2D eigenvalue weighted by atomic mass is 9.88. The first-order chi connectivity index (χ1) is 6.94. The zero-order valence-corrected chi connectivity index (χ0v) is 10.3. The second kappa shape index (κ2) is 5.01. The summed E-state index contributed by atoms with van der Waals surface area (Å²) in [5, 5.41) is 0.423. The van der Waals surface area contributed by atoms with Crippen LogP contribution < -0.4 is 11.3 Å². The fourth-order valence-corrected chi connectivity index (χ4v) is 1.71. The summed E-state index contributed by atoms with van der Waals surface area (Å²) in [6.07, 6.45) is 3.60. The minimum Gasteiger partial charge on any atom is -0.453 e. The maximum Gasteiger partial charge on any atom is 0.197 e. The van der Waals surface area contributed by atoms with Crippen LogP contribution in [0.15, 0.2) is 16.7 Å². The van der Waals surface area contributed by atoms with E-state index in [4.69, 9.17) is 21.9 Å². The van der Waals surface area contributed by atoms with Crippen molar-refractivity contribution >= 4 is 11.6 Å². The highest BCUT2D eigenvalue weighted by molar-refractivity contribution is 6.29. The topological polar surface area (TPSA) is 51.2 Å².